The number of carbonyl (C=O) groups is 1. The van der Waals surface area contributed by atoms with Crippen LogP contribution >= 0.6 is 0 Å². The zero-order valence-corrected chi connectivity index (χ0v) is 18.7. The Bertz CT molecular complexity index is 1080. The number of rotatable bonds is 4. The molecular weight excluding hydrogens is 386 g/mol. The molecule has 5 rings (SSSR count). The summed E-state index contributed by atoms with van der Waals surface area (Å²) in [5.74, 6) is 0.879. The Balaban J connectivity index is 1.32. The second-order valence-corrected chi connectivity index (χ2v) is 9.28. The lowest BCUT2D eigenvalue weighted by molar-refractivity contribution is 0.0763. The topological polar surface area (TPSA) is 57.2 Å². The molecule has 0 bridgehead atoms. The molecule has 3 heterocycles. The summed E-state index contributed by atoms with van der Waals surface area (Å²) in [7, 11) is 0. The standard InChI is InChI=1S/C25H33N5O/c1-3-30-17-19(15-26-30)16-28-10-5-11-29(13-12-28)25(31)21-7-4-6-20-22-14-18(2)8-9-23(22)27-24(20)21/h4,6-7,15,17-18,27H,3,5,8-14,16H2,1-2H3. The van der Waals surface area contributed by atoms with Crippen molar-refractivity contribution in [2.24, 2.45) is 5.92 Å². The van der Waals surface area contributed by atoms with Crippen molar-refractivity contribution in [2.75, 3.05) is 26.2 Å². The minimum absolute atomic E-state index is 0.165. The van der Waals surface area contributed by atoms with E-state index in [1.807, 2.05) is 21.8 Å². The molecule has 6 heteroatoms. The SMILES string of the molecule is CCn1cc(CN2CCCN(C(=O)c3cccc4c5c([nH]c34)CCC(C)C5)CC2)cn1. The molecule has 2 aromatic heterocycles. The summed E-state index contributed by atoms with van der Waals surface area (Å²) < 4.78 is 1.97. The quantitative estimate of drug-likeness (QED) is 0.699. The summed E-state index contributed by atoms with van der Waals surface area (Å²) in [5.41, 5.74) is 5.88. The summed E-state index contributed by atoms with van der Waals surface area (Å²) in [6, 6.07) is 6.23. The van der Waals surface area contributed by atoms with Crippen molar-refractivity contribution in [1.29, 1.82) is 0 Å². The lowest BCUT2D eigenvalue weighted by atomic mass is 9.87. The lowest BCUT2D eigenvalue weighted by Crippen LogP contribution is -2.35. The van der Waals surface area contributed by atoms with E-state index in [4.69, 9.17) is 0 Å². The number of nitrogens with zero attached hydrogens (tertiary/aromatic N) is 4. The maximum Gasteiger partial charge on any atom is 0.256 e. The van der Waals surface area contributed by atoms with Gasteiger partial charge in [-0.25, -0.2) is 0 Å². The molecule has 3 aromatic rings. The van der Waals surface area contributed by atoms with Crippen LogP contribution in [0.15, 0.2) is 30.6 Å². The van der Waals surface area contributed by atoms with E-state index in [1.165, 1.54) is 28.6 Å². The third-order valence-corrected chi connectivity index (χ3v) is 6.99. The Morgan fingerprint density at radius 2 is 2.13 bits per heavy atom. The van der Waals surface area contributed by atoms with Gasteiger partial charge < -0.3 is 9.88 Å². The van der Waals surface area contributed by atoms with Crippen molar-refractivity contribution in [3.8, 4) is 0 Å². The fourth-order valence-electron chi connectivity index (χ4n) is 5.22. The highest BCUT2D eigenvalue weighted by atomic mass is 16.2. The van der Waals surface area contributed by atoms with E-state index in [2.05, 4.69) is 47.2 Å². The highest BCUT2D eigenvalue weighted by Crippen LogP contribution is 2.33. The zero-order chi connectivity index (χ0) is 21.4. The van der Waals surface area contributed by atoms with Crippen LogP contribution in [0.25, 0.3) is 10.9 Å². The number of hydrogen-bond acceptors (Lipinski definition) is 3. The highest BCUT2D eigenvalue weighted by molar-refractivity contribution is 6.06. The largest absolute Gasteiger partial charge is 0.358 e. The average molecular weight is 420 g/mol. The first kappa shape index (κ1) is 20.3. The van der Waals surface area contributed by atoms with E-state index >= 15 is 0 Å². The molecule has 1 aliphatic heterocycles. The number of aromatic nitrogens is 3. The van der Waals surface area contributed by atoms with Gasteiger partial charge in [0.2, 0.25) is 0 Å². The number of hydrogen-bond donors (Lipinski definition) is 1. The van der Waals surface area contributed by atoms with Gasteiger partial charge in [-0.05, 0) is 50.2 Å². The maximum absolute atomic E-state index is 13.5. The van der Waals surface area contributed by atoms with Gasteiger partial charge in [0.15, 0.2) is 0 Å². The number of amides is 1. The maximum atomic E-state index is 13.5. The summed E-state index contributed by atoms with van der Waals surface area (Å²) in [5, 5.41) is 5.64. The molecule has 1 unspecified atom stereocenters. The predicted octanol–water partition coefficient (Wildman–Crippen LogP) is 3.86. The number of carbonyl (C=O) groups excluding carboxylic acids is 1. The number of aryl methyl sites for hydroxylation is 2. The summed E-state index contributed by atoms with van der Waals surface area (Å²) in [4.78, 5) is 21.6. The molecule has 1 aliphatic carbocycles. The number of benzene rings is 1. The number of para-hydroxylation sites is 1. The minimum Gasteiger partial charge on any atom is -0.358 e. The van der Waals surface area contributed by atoms with Gasteiger partial charge in [-0.2, -0.15) is 5.10 Å². The van der Waals surface area contributed by atoms with Crippen LogP contribution in [0.1, 0.15) is 53.9 Å². The van der Waals surface area contributed by atoms with Gasteiger partial charge in [0.25, 0.3) is 5.91 Å². The van der Waals surface area contributed by atoms with Crippen LogP contribution in [0.2, 0.25) is 0 Å². The first-order valence-electron chi connectivity index (χ1n) is 11.8. The molecule has 1 atom stereocenters. The molecule has 0 spiro atoms. The predicted molar refractivity (Wildman–Crippen MR) is 123 cm³/mol. The average Bonchev–Trinajstić information content (AvgIpc) is 3.31. The second-order valence-electron chi connectivity index (χ2n) is 9.28. The molecule has 31 heavy (non-hydrogen) atoms. The molecular formula is C25H33N5O. The Hall–Kier alpha value is -2.60. The van der Waals surface area contributed by atoms with Crippen molar-refractivity contribution in [3.05, 3.63) is 53.0 Å². The molecule has 1 amide bonds. The number of aromatic amines is 1. The van der Waals surface area contributed by atoms with Crippen LogP contribution < -0.4 is 0 Å². The Morgan fingerprint density at radius 1 is 1.23 bits per heavy atom. The van der Waals surface area contributed by atoms with Crippen LogP contribution in [0, 0.1) is 5.92 Å². The third-order valence-electron chi connectivity index (χ3n) is 6.99. The van der Waals surface area contributed by atoms with E-state index in [0.29, 0.717) is 5.92 Å². The van der Waals surface area contributed by atoms with Crippen molar-refractivity contribution >= 4 is 16.8 Å². The van der Waals surface area contributed by atoms with Crippen LogP contribution in [0.3, 0.4) is 0 Å². The number of H-pyrrole nitrogens is 1. The molecule has 6 nitrogen and oxygen atoms in total. The Kier molecular flexibility index (Phi) is 5.57. The molecule has 164 valence electrons. The molecule has 1 aromatic carbocycles. The fourth-order valence-corrected chi connectivity index (χ4v) is 5.22. The molecule has 1 N–H and O–H groups in total. The van der Waals surface area contributed by atoms with E-state index in [1.54, 1.807) is 0 Å². The van der Waals surface area contributed by atoms with E-state index in [9.17, 15) is 4.79 Å². The van der Waals surface area contributed by atoms with E-state index in [-0.39, 0.29) is 5.91 Å². The lowest BCUT2D eigenvalue weighted by Gasteiger charge is -2.22. The van der Waals surface area contributed by atoms with Crippen LogP contribution in [0.4, 0.5) is 0 Å². The van der Waals surface area contributed by atoms with Gasteiger partial charge in [-0.15, -0.1) is 0 Å². The van der Waals surface area contributed by atoms with Gasteiger partial charge in [-0.1, -0.05) is 19.1 Å². The highest BCUT2D eigenvalue weighted by Gasteiger charge is 2.25. The normalized spacial score (nSPS) is 20.1. The van der Waals surface area contributed by atoms with E-state index in [0.717, 1.165) is 69.6 Å². The van der Waals surface area contributed by atoms with Gasteiger partial charge in [0, 0.05) is 62.1 Å². The van der Waals surface area contributed by atoms with Crippen molar-refractivity contribution < 1.29 is 4.79 Å². The van der Waals surface area contributed by atoms with Crippen molar-refractivity contribution in [2.45, 2.75) is 52.6 Å². The first-order valence-corrected chi connectivity index (χ1v) is 11.8. The fraction of sp³-hybridized carbons (Fsp3) is 0.520. The molecule has 1 saturated heterocycles. The smallest absolute Gasteiger partial charge is 0.256 e. The Labute approximate surface area is 184 Å². The minimum atomic E-state index is 0.165. The van der Waals surface area contributed by atoms with Gasteiger partial charge >= 0.3 is 0 Å². The summed E-state index contributed by atoms with van der Waals surface area (Å²) >= 11 is 0. The van der Waals surface area contributed by atoms with Crippen LogP contribution in [0.5, 0.6) is 0 Å². The van der Waals surface area contributed by atoms with Gasteiger partial charge in [-0.3, -0.25) is 14.4 Å². The molecule has 0 radical (unpaired) electrons. The summed E-state index contributed by atoms with van der Waals surface area (Å²) in [6.45, 7) is 9.73. The Morgan fingerprint density at radius 3 is 2.97 bits per heavy atom. The zero-order valence-electron chi connectivity index (χ0n) is 18.7. The van der Waals surface area contributed by atoms with Crippen LogP contribution in [-0.4, -0.2) is 56.7 Å². The summed E-state index contributed by atoms with van der Waals surface area (Å²) in [6.07, 6.45) is 8.52. The van der Waals surface area contributed by atoms with Gasteiger partial charge in [0.1, 0.15) is 0 Å². The number of nitrogens with one attached hydrogen (secondary N) is 1. The third kappa shape index (κ3) is 4.01. The molecule has 1 fully saturated rings. The number of fused-ring (bicyclic) bond motifs is 3. The van der Waals surface area contributed by atoms with Gasteiger partial charge in [0.05, 0.1) is 17.3 Å². The first-order chi connectivity index (χ1) is 15.1. The second kappa shape index (κ2) is 8.50. The van der Waals surface area contributed by atoms with E-state index < -0.39 is 0 Å². The van der Waals surface area contributed by atoms with Crippen LogP contribution in [-0.2, 0) is 25.9 Å². The molecule has 0 saturated carbocycles. The van der Waals surface area contributed by atoms with Crippen molar-refractivity contribution in [3.63, 3.8) is 0 Å². The van der Waals surface area contributed by atoms with Crippen molar-refractivity contribution in [1.82, 2.24) is 24.6 Å². The molecule has 2 aliphatic rings. The monoisotopic (exact) mass is 419 g/mol.